The fourth-order valence-corrected chi connectivity index (χ4v) is 5.98. The number of carbonyl (C=O) groups excluding carboxylic acids is 1. The predicted octanol–water partition coefficient (Wildman–Crippen LogP) is 9.43. The fraction of sp³-hybridized carbons (Fsp3) is 0.256. The molecule has 0 fully saturated rings. The lowest BCUT2D eigenvalue weighted by Crippen LogP contribution is -2.15. The van der Waals surface area contributed by atoms with E-state index in [-0.39, 0.29) is 11.4 Å². The largest absolute Gasteiger partial charge is 0.497 e. The summed E-state index contributed by atoms with van der Waals surface area (Å²) in [6, 6.07) is 26.4. The van der Waals surface area contributed by atoms with Crippen molar-refractivity contribution < 1.29 is 19.0 Å². The molecule has 0 saturated heterocycles. The molecule has 0 atom stereocenters. The highest BCUT2D eigenvalue weighted by atomic mass is 16.5. The topological polar surface area (TPSA) is 44.8 Å². The zero-order chi connectivity index (χ0) is 30.7. The third-order valence-corrected chi connectivity index (χ3v) is 8.45. The Morgan fingerprint density at radius 2 is 1.35 bits per heavy atom. The van der Waals surface area contributed by atoms with Gasteiger partial charge in [0.2, 0.25) is 0 Å². The normalized spacial score (nSPS) is 12.7. The predicted molar refractivity (Wildman–Crippen MR) is 177 cm³/mol. The molecule has 0 N–H and O–H groups in total. The number of benzene rings is 4. The summed E-state index contributed by atoms with van der Waals surface area (Å²) in [5.74, 6) is 1.29. The molecular formula is C39H40O4. The van der Waals surface area contributed by atoms with Crippen molar-refractivity contribution in [3.8, 4) is 44.9 Å². The zero-order valence-electron chi connectivity index (χ0n) is 25.9. The second-order valence-corrected chi connectivity index (χ2v) is 11.8. The third kappa shape index (κ3) is 6.15. The average molecular weight is 573 g/mol. The van der Waals surface area contributed by atoms with Crippen LogP contribution in [0.5, 0.6) is 11.5 Å². The van der Waals surface area contributed by atoms with Gasteiger partial charge in [0, 0.05) is 11.5 Å². The molecule has 4 aromatic rings. The van der Waals surface area contributed by atoms with E-state index in [0.29, 0.717) is 6.61 Å². The first-order chi connectivity index (χ1) is 20.6. The maximum Gasteiger partial charge on any atom is 0.330 e. The van der Waals surface area contributed by atoms with Crippen LogP contribution in [0, 0.1) is 0 Å². The third-order valence-electron chi connectivity index (χ3n) is 8.45. The molecule has 0 heterocycles. The number of rotatable bonds is 11. The lowest BCUT2D eigenvalue weighted by Gasteiger charge is -2.23. The molecule has 0 bridgehead atoms. The molecule has 1 aliphatic rings. The Hall–Kier alpha value is -4.57. The summed E-state index contributed by atoms with van der Waals surface area (Å²) in [7, 11) is 3.41. The van der Waals surface area contributed by atoms with Crippen molar-refractivity contribution >= 4 is 11.5 Å². The molecule has 1 aliphatic carbocycles. The number of methoxy groups -OCH3 is 2. The zero-order valence-corrected chi connectivity index (χ0v) is 25.9. The Labute approximate surface area is 255 Å². The van der Waals surface area contributed by atoms with E-state index in [4.69, 9.17) is 14.2 Å². The lowest BCUT2D eigenvalue weighted by atomic mass is 9.80. The molecule has 0 radical (unpaired) electrons. The Morgan fingerprint density at radius 3 is 1.91 bits per heavy atom. The number of esters is 1. The minimum atomic E-state index is -0.376. The van der Waals surface area contributed by atoms with Crippen LogP contribution in [0.1, 0.15) is 55.9 Å². The van der Waals surface area contributed by atoms with Crippen LogP contribution in [0.3, 0.4) is 0 Å². The van der Waals surface area contributed by atoms with E-state index in [1.54, 1.807) is 14.2 Å². The van der Waals surface area contributed by atoms with Gasteiger partial charge >= 0.3 is 5.97 Å². The summed E-state index contributed by atoms with van der Waals surface area (Å²) in [6.07, 6.45) is 3.78. The molecule has 4 heteroatoms. The van der Waals surface area contributed by atoms with E-state index in [9.17, 15) is 4.79 Å². The number of unbranched alkanes of at least 4 members (excludes halogenated alkanes) is 1. The molecular weight excluding hydrogens is 532 g/mol. The van der Waals surface area contributed by atoms with Gasteiger partial charge < -0.3 is 14.2 Å². The summed E-state index contributed by atoms with van der Waals surface area (Å²) in [5, 5.41) is 0. The summed E-state index contributed by atoms with van der Waals surface area (Å²) in [5.41, 5.74) is 12.9. The van der Waals surface area contributed by atoms with Crippen LogP contribution in [0.2, 0.25) is 0 Å². The summed E-state index contributed by atoms with van der Waals surface area (Å²) in [4.78, 5) is 11.3. The van der Waals surface area contributed by atoms with Crippen molar-refractivity contribution in [1.82, 2.24) is 0 Å². The van der Waals surface area contributed by atoms with Gasteiger partial charge in [-0.2, -0.15) is 0 Å². The van der Waals surface area contributed by atoms with E-state index in [0.717, 1.165) is 58.6 Å². The second-order valence-electron chi connectivity index (χ2n) is 11.8. The van der Waals surface area contributed by atoms with Gasteiger partial charge in [-0.25, -0.2) is 4.79 Å². The fourth-order valence-electron chi connectivity index (χ4n) is 5.98. The van der Waals surface area contributed by atoms with Crippen LogP contribution in [0.15, 0.2) is 92.0 Å². The maximum atomic E-state index is 11.3. The van der Waals surface area contributed by atoms with Gasteiger partial charge in [0.25, 0.3) is 0 Å². The monoisotopic (exact) mass is 572 g/mol. The molecule has 4 nitrogen and oxygen atoms in total. The van der Waals surface area contributed by atoms with Crippen LogP contribution in [-0.2, 0) is 21.4 Å². The Kier molecular flexibility index (Phi) is 8.59. The maximum absolute atomic E-state index is 11.3. The lowest BCUT2D eigenvalue weighted by molar-refractivity contribution is -0.137. The minimum Gasteiger partial charge on any atom is -0.497 e. The van der Waals surface area contributed by atoms with Crippen LogP contribution < -0.4 is 9.47 Å². The molecule has 0 amide bonds. The number of carbonyl (C=O) groups is 1. The van der Waals surface area contributed by atoms with Gasteiger partial charge in [0.05, 0.1) is 20.8 Å². The Morgan fingerprint density at radius 1 is 0.767 bits per heavy atom. The first-order valence-corrected chi connectivity index (χ1v) is 14.8. The number of aryl methyl sites for hydroxylation is 1. The highest BCUT2D eigenvalue weighted by molar-refractivity contribution is 5.86. The first kappa shape index (κ1) is 29.9. The number of allylic oxidation sites excluding steroid dienone is 1. The Bertz CT molecular complexity index is 1710. The molecule has 0 unspecified atom stereocenters. The second kappa shape index (κ2) is 12.3. The molecule has 5 rings (SSSR count). The summed E-state index contributed by atoms with van der Waals surface area (Å²) < 4.78 is 16.4. The average Bonchev–Trinajstić information content (AvgIpc) is 3.25. The highest BCUT2D eigenvalue weighted by Crippen LogP contribution is 2.51. The van der Waals surface area contributed by atoms with E-state index in [2.05, 4.69) is 93.7 Å². The molecule has 0 aliphatic heterocycles. The van der Waals surface area contributed by atoms with Crippen molar-refractivity contribution in [2.75, 3.05) is 20.8 Å². The standard InChI is InChI=1S/C39H40O4/c1-8-38(40)43-16-10-9-11-26-17-30(21-32(18-26)41-6)27-12-14-34-35-15-13-28(24-37(35)39(4,5)36(34)23-27)31-19-29(25(2)3)20-33(22-31)42-7/h8,12-15,17-24H,1-2,9-11,16H2,3-7H3. The minimum absolute atomic E-state index is 0.169. The van der Waals surface area contributed by atoms with Crippen molar-refractivity contribution in [2.24, 2.45) is 0 Å². The van der Waals surface area contributed by atoms with Crippen molar-refractivity contribution in [3.05, 3.63) is 114 Å². The van der Waals surface area contributed by atoms with Gasteiger partial charge in [-0.15, -0.1) is 0 Å². The van der Waals surface area contributed by atoms with Crippen molar-refractivity contribution in [1.29, 1.82) is 0 Å². The quantitative estimate of drug-likeness (QED) is 0.102. The van der Waals surface area contributed by atoms with Gasteiger partial charge in [-0.3, -0.25) is 0 Å². The molecule has 0 aromatic heterocycles. The van der Waals surface area contributed by atoms with E-state index >= 15 is 0 Å². The van der Waals surface area contributed by atoms with Gasteiger partial charge in [-0.05, 0) is 124 Å². The van der Waals surface area contributed by atoms with Crippen LogP contribution in [0.4, 0.5) is 0 Å². The number of hydrogen-bond acceptors (Lipinski definition) is 4. The van der Waals surface area contributed by atoms with Gasteiger partial charge in [0.15, 0.2) is 0 Å². The molecule has 43 heavy (non-hydrogen) atoms. The van der Waals surface area contributed by atoms with Crippen molar-refractivity contribution in [2.45, 2.75) is 45.4 Å². The summed E-state index contributed by atoms with van der Waals surface area (Å²) in [6.45, 7) is 14.6. The first-order valence-electron chi connectivity index (χ1n) is 14.8. The number of hydrogen-bond donors (Lipinski definition) is 0. The number of fused-ring (bicyclic) bond motifs is 3. The molecule has 220 valence electrons. The van der Waals surface area contributed by atoms with Crippen LogP contribution >= 0.6 is 0 Å². The Balaban J connectivity index is 1.44. The molecule has 0 spiro atoms. The van der Waals surface area contributed by atoms with E-state index in [1.165, 1.54) is 39.5 Å². The van der Waals surface area contributed by atoms with E-state index < -0.39 is 0 Å². The molecule has 0 saturated carbocycles. The van der Waals surface area contributed by atoms with Gasteiger partial charge in [-0.1, -0.05) is 62.9 Å². The number of ether oxygens (including phenoxy) is 3. The van der Waals surface area contributed by atoms with Crippen LogP contribution in [-0.4, -0.2) is 26.8 Å². The van der Waals surface area contributed by atoms with E-state index in [1.807, 2.05) is 13.0 Å². The highest BCUT2D eigenvalue weighted by Gasteiger charge is 2.36. The summed E-state index contributed by atoms with van der Waals surface area (Å²) >= 11 is 0. The van der Waals surface area contributed by atoms with Crippen molar-refractivity contribution in [3.63, 3.8) is 0 Å². The smallest absolute Gasteiger partial charge is 0.330 e. The molecule has 4 aromatic carbocycles. The van der Waals surface area contributed by atoms with Crippen LogP contribution in [0.25, 0.3) is 39.0 Å². The van der Waals surface area contributed by atoms with Gasteiger partial charge in [0.1, 0.15) is 11.5 Å². The SMILES string of the molecule is C=CC(=O)OCCCCc1cc(OC)cc(-c2ccc3c(c2)C(C)(C)c2cc(-c4cc(OC)cc(C(=C)C)c4)ccc2-3)c1.